The lowest BCUT2D eigenvalue weighted by atomic mass is 10.0. The number of carboxylic acids is 1. The van der Waals surface area contributed by atoms with Crippen LogP contribution >= 0.6 is 0 Å². The van der Waals surface area contributed by atoms with Gasteiger partial charge in [-0.1, -0.05) is 6.92 Å². The fraction of sp³-hybridized carbons (Fsp3) is 0.909. The summed E-state index contributed by atoms with van der Waals surface area (Å²) in [6.07, 6.45) is 1.98. The first kappa shape index (κ1) is 12.5. The summed E-state index contributed by atoms with van der Waals surface area (Å²) in [6.45, 7) is 5.35. The minimum Gasteiger partial charge on any atom is -0.481 e. The molecule has 0 amide bonds. The zero-order valence-corrected chi connectivity index (χ0v) is 9.52. The van der Waals surface area contributed by atoms with Gasteiger partial charge in [-0.2, -0.15) is 0 Å². The maximum atomic E-state index is 10.5. The van der Waals surface area contributed by atoms with E-state index in [1.807, 2.05) is 6.92 Å². The van der Waals surface area contributed by atoms with Crippen molar-refractivity contribution in [1.82, 2.24) is 4.90 Å². The van der Waals surface area contributed by atoms with Crippen LogP contribution in [0.15, 0.2) is 0 Å². The molecule has 4 nitrogen and oxygen atoms in total. The smallest absolute Gasteiger partial charge is 0.303 e. The lowest BCUT2D eigenvalue weighted by molar-refractivity contribution is -0.137. The van der Waals surface area contributed by atoms with Crippen molar-refractivity contribution in [3.63, 3.8) is 0 Å². The Morgan fingerprint density at radius 2 is 2.27 bits per heavy atom. The molecular formula is C11H21NO3. The van der Waals surface area contributed by atoms with E-state index in [0.29, 0.717) is 12.3 Å². The van der Waals surface area contributed by atoms with Gasteiger partial charge in [-0.25, -0.2) is 0 Å². The normalized spacial score (nSPS) is 29.3. The molecule has 3 unspecified atom stereocenters. The number of rotatable bonds is 5. The summed E-state index contributed by atoms with van der Waals surface area (Å²) in [4.78, 5) is 12.7. The summed E-state index contributed by atoms with van der Waals surface area (Å²) in [7, 11) is 0. The van der Waals surface area contributed by atoms with E-state index in [1.54, 1.807) is 0 Å². The fourth-order valence-corrected chi connectivity index (χ4v) is 2.37. The van der Waals surface area contributed by atoms with E-state index in [9.17, 15) is 9.90 Å². The quantitative estimate of drug-likeness (QED) is 0.716. The van der Waals surface area contributed by atoms with Crippen molar-refractivity contribution in [2.75, 3.05) is 13.2 Å². The van der Waals surface area contributed by atoms with Crippen molar-refractivity contribution in [3.8, 4) is 0 Å². The average molecular weight is 215 g/mol. The Morgan fingerprint density at radius 3 is 2.80 bits per heavy atom. The van der Waals surface area contributed by atoms with Crippen molar-refractivity contribution in [2.24, 2.45) is 5.92 Å². The molecule has 1 rings (SSSR count). The van der Waals surface area contributed by atoms with Gasteiger partial charge in [0.15, 0.2) is 0 Å². The number of aliphatic hydroxyl groups is 1. The monoisotopic (exact) mass is 215 g/mol. The molecule has 88 valence electrons. The Hall–Kier alpha value is -0.610. The standard InChI is InChI=1S/C11H21NO3/c1-8-5-6-12(10(8)7-13)9(2)3-4-11(14)15/h8-10,13H,3-7H2,1-2H3,(H,14,15). The molecule has 2 N–H and O–H groups in total. The van der Waals surface area contributed by atoms with E-state index in [2.05, 4.69) is 11.8 Å². The molecule has 3 atom stereocenters. The van der Waals surface area contributed by atoms with Crippen LogP contribution < -0.4 is 0 Å². The van der Waals surface area contributed by atoms with E-state index < -0.39 is 5.97 Å². The zero-order valence-electron chi connectivity index (χ0n) is 9.52. The van der Waals surface area contributed by atoms with Crippen molar-refractivity contribution in [2.45, 2.75) is 45.2 Å². The number of hydrogen-bond acceptors (Lipinski definition) is 3. The number of aliphatic hydroxyl groups excluding tert-OH is 1. The van der Waals surface area contributed by atoms with Gasteiger partial charge in [0.25, 0.3) is 0 Å². The van der Waals surface area contributed by atoms with E-state index in [4.69, 9.17) is 5.11 Å². The summed E-state index contributed by atoms with van der Waals surface area (Å²) in [5.74, 6) is -0.225. The summed E-state index contributed by atoms with van der Waals surface area (Å²) >= 11 is 0. The summed E-state index contributed by atoms with van der Waals surface area (Å²) in [5, 5.41) is 17.9. The first-order valence-electron chi connectivity index (χ1n) is 5.64. The van der Waals surface area contributed by atoms with Gasteiger partial charge in [0.05, 0.1) is 6.61 Å². The Labute approximate surface area is 90.9 Å². The van der Waals surface area contributed by atoms with Crippen LogP contribution in [0, 0.1) is 5.92 Å². The van der Waals surface area contributed by atoms with Gasteiger partial charge in [-0.3, -0.25) is 9.69 Å². The van der Waals surface area contributed by atoms with E-state index >= 15 is 0 Å². The lowest BCUT2D eigenvalue weighted by Gasteiger charge is -2.30. The maximum absolute atomic E-state index is 10.5. The molecule has 0 saturated carbocycles. The summed E-state index contributed by atoms with van der Waals surface area (Å²) in [6, 6.07) is 0.469. The predicted molar refractivity (Wildman–Crippen MR) is 57.7 cm³/mol. The van der Waals surface area contributed by atoms with Gasteiger partial charge in [0.2, 0.25) is 0 Å². The van der Waals surface area contributed by atoms with E-state index in [-0.39, 0.29) is 25.1 Å². The molecule has 4 heteroatoms. The summed E-state index contributed by atoms with van der Waals surface area (Å²) in [5.41, 5.74) is 0. The van der Waals surface area contributed by atoms with Gasteiger partial charge in [0, 0.05) is 18.5 Å². The molecule has 0 radical (unpaired) electrons. The fourth-order valence-electron chi connectivity index (χ4n) is 2.37. The number of hydrogen-bond donors (Lipinski definition) is 2. The minimum atomic E-state index is -0.741. The third kappa shape index (κ3) is 3.18. The third-order valence-corrected chi connectivity index (χ3v) is 3.45. The highest BCUT2D eigenvalue weighted by atomic mass is 16.4. The highest BCUT2D eigenvalue weighted by Gasteiger charge is 2.33. The molecule has 1 saturated heterocycles. The highest BCUT2D eigenvalue weighted by molar-refractivity contribution is 5.66. The van der Waals surface area contributed by atoms with Crippen molar-refractivity contribution in [1.29, 1.82) is 0 Å². The molecule has 0 aromatic heterocycles. The van der Waals surface area contributed by atoms with Gasteiger partial charge in [0.1, 0.15) is 0 Å². The number of carboxylic acid groups (broad SMARTS) is 1. The second-order valence-electron chi connectivity index (χ2n) is 4.54. The van der Waals surface area contributed by atoms with Crippen LogP contribution in [0.1, 0.15) is 33.1 Å². The van der Waals surface area contributed by atoms with Crippen LogP contribution in [0.2, 0.25) is 0 Å². The van der Waals surface area contributed by atoms with Crippen LogP contribution in [0.5, 0.6) is 0 Å². The zero-order chi connectivity index (χ0) is 11.4. The largest absolute Gasteiger partial charge is 0.481 e. The molecule has 0 aromatic rings. The molecule has 1 aliphatic heterocycles. The Kier molecular flexibility index (Phi) is 4.54. The van der Waals surface area contributed by atoms with Crippen molar-refractivity contribution in [3.05, 3.63) is 0 Å². The van der Waals surface area contributed by atoms with Crippen LogP contribution in [0.25, 0.3) is 0 Å². The van der Waals surface area contributed by atoms with Crippen LogP contribution in [0.4, 0.5) is 0 Å². The molecule has 1 heterocycles. The molecule has 1 aliphatic rings. The number of likely N-dealkylation sites (tertiary alicyclic amines) is 1. The second kappa shape index (κ2) is 5.47. The topological polar surface area (TPSA) is 60.8 Å². The van der Waals surface area contributed by atoms with Gasteiger partial charge in [-0.15, -0.1) is 0 Å². The second-order valence-corrected chi connectivity index (χ2v) is 4.54. The molecule has 0 aromatic carbocycles. The average Bonchev–Trinajstić information content (AvgIpc) is 2.55. The Morgan fingerprint density at radius 1 is 1.60 bits per heavy atom. The molecular weight excluding hydrogens is 194 g/mol. The molecule has 0 aliphatic carbocycles. The summed E-state index contributed by atoms with van der Waals surface area (Å²) < 4.78 is 0. The predicted octanol–water partition coefficient (Wildman–Crippen LogP) is 0.942. The van der Waals surface area contributed by atoms with Gasteiger partial charge in [-0.05, 0) is 32.2 Å². The number of aliphatic carboxylic acids is 1. The van der Waals surface area contributed by atoms with E-state index in [0.717, 1.165) is 13.0 Å². The molecule has 0 bridgehead atoms. The molecule has 1 fully saturated rings. The first-order valence-corrected chi connectivity index (χ1v) is 5.64. The number of nitrogens with zero attached hydrogens (tertiary/aromatic N) is 1. The van der Waals surface area contributed by atoms with Crippen LogP contribution in [0.3, 0.4) is 0 Å². The molecule has 0 spiro atoms. The van der Waals surface area contributed by atoms with Crippen molar-refractivity contribution < 1.29 is 15.0 Å². The van der Waals surface area contributed by atoms with E-state index in [1.165, 1.54) is 0 Å². The van der Waals surface area contributed by atoms with Crippen molar-refractivity contribution >= 4 is 5.97 Å². The minimum absolute atomic E-state index is 0.179. The van der Waals surface area contributed by atoms with Gasteiger partial charge >= 0.3 is 5.97 Å². The SMILES string of the molecule is CC1CCN(C(C)CCC(=O)O)C1CO. The van der Waals surface area contributed by atoms with Crippen LogP contribution in [-0.2, 0) is 4.79 Å². The maximum Gasteiger partial charge on any atom is 0.303 e. The first-order chi connectivity index (χ1) is 7.06. The number of carbonyl (C=O) groups is 1. The third-order valence-electron chi connectivity index (χ3n) is 3.45. The van der Waals surface area contributed by atoms with Gasteiger partial charge < -0.3 is 10.2 Å². The Balaban J connectivity index is 2.44. The lowest BCUT2D eigenvalue weighted by Crippen LogP contribution is -2.41. The Bertz CT molecular complexity index is 220. The molecule has 15 heavy (non-hydrogen) atoms. The highest BCUT2D eigenvalue weighted by Crippen LogP contribution is 2.26. The van der Waals surface area contributed by atoms with Crippen LogP contribution in [-0.4, -0.2) is 46.3 Å².